The van der Waals surface area contributed by atoms with Crippen molar-refractivity contribution < 1.29 is 80.2 Å². The van der Waals surface area contributed by atoms with Gasteiger partial charge in [0.05, 0.1) is 26.4 Å². The van der Waals surface area contributed by atoms with Crippen LogP contribution in [0.25, 0.3) is 0 Å². The quantitative estimate of drug-likeness (QED) is 0.0222. The Balaban J connectivity index is 5.24. The van der Waals surface area contributed by atoms with Crippen LogP contribution in [0.1, 0.15) is 389 Å². The number of hydrogen-bond donors (Lipinski definition) is 3. The van der Waals surface area contributed by atoms with Crippen molar-refractivity contribution in [1.82, 2.24) is 0 Å². The number of aliphatic hydroxyl groups excluding tert-OH is 1. The first-order valence-electron chi connectivity index (χ1n) is 39.8. The van der Waals surface area contributed by atoms with Crippen molar-refractivity contribution in [3.8, 4) is 0 Å². The summed E-state index contributed by atoms with van der Waals surface area (Å²) in [7, 11) is -9.91. The van der Waals surface area contributed by atoms with Gasteiger partial charge in [0, 0.05) is 25.7 Å². The number of ether oxygens (including phenoxy) is 4. The molecule has 0 aliphatic carbocycles. The Hall–Kier alpha value is -1.94. The molecule has 0 saturated carbocycles. The van der Waals surface area contributed by atoms with Gasteiger partial charge in [0.1, 0.15) is 19.3 Å². The van der Waals surface area contributed by atoms with Crippen molar-refractivity contribution >= 4 is 39.5 Å². The van der Waals surface area contributed by atoms with Crippen LogP contribution in [0.3, 0.4) is 0 Å². The second kappa shape index (κ2) is 66.3. The highest BCUT2D eigenvalue weighted by Gasteiger charge is 2.30. The van der Waals surface area contributed by atoms with E-state index in [0.717, 1.165) is 120 Å². The second-order valence-corrected chi connectivity index (χ2v) is 32.1. The largest absolute Gasteiger partial charge is 0.472 e. The summed E-state index contributed by atoms with van der Waals surface area (Å²) in [5.41, 5.74) is 0. The maximum Gasteiger partial charge on any atom is 0.472 e. The predicted molar refractivity (Wildman–Crippen MR) is 391 cm³/mol. The molecule has 3 N–H and O–H groups in total. The van der Waals surface area contributed by atoms with Crippen LogP contribution in [0.5, 0.6) is 0 Å². The molecule has 0 fully saturated rings. The molecule has 0 rings (SSSR count). The molecule has 0 aromatic heterocycles. The van der Waals surface area contributed by atoms with Gasteiger partial charge in [-0.2, -0.15) is 0 Å². The van der Waals surface area contributed by atoms with E-state index in [4.69, 9.17) is 37.0 Å². The van der Waals surface area contributed by atoms with Crippen LogP contribution >= 0.6 is 15.6 Å². The number of phosphoric acid groups is 2. The first-order chi connectivity index (χ1) is 46.2. The molecule has 0 aliphatic rings. The molecule has 96 heavy (non-hydrogen) atoms. The Bertz CT molecular complexity index is 1890. The first kappa shape index (κ1) is 94.1. The number of phosphoric ester groups is 2. The lowest BCUT2D eigenvalue weighted by Crippen LogP contribution is -2.30. The molecule has 7 atom stereocenters. The Morgan fingerprint density at radius 2 is 0.500 bits per heavy atom. The maximum absolute atomic E-state index is 13.1. The molecule has 0 aliphatic heterocycles. The van der Waals surface area contributed by atoms with E-state index in [-0.39, 0.29) is 25.7 Å². The fraction of sp³-hybridized carbons (Fsp3) is 0.948. The van der Waals surface area contributed by atoms with Gasteiger partial charge in [0.25, 0.3) is 0 Å². The molecule has 0 spiro atoms. The molecule has 0 aromatic rings. The lowest BCUT2D eigenvalue weighted by atomic mass is 9.99. The van der Waals surface area contributed by atoms with E-state index in [1.165, 1.54) is 186 Å². The number of carbonyl (C=O) groups excluding carboxylic acids is 4. The summed E-state index contributed by atoms with van der Waals surface area (Å²) in [6.45, 7) is 14.2. The minimum atomic E-state index is -4.96. The maximum atomic E-state index is 13.1. The Kier molecular flexibility index (Phi) is 65.0. The van der Waals surface area contributed by atoms with E-state index in [9.17, 15) is 43.2 Å². The van der Waals surface area contributed by atoms with Crippen molar-refractivity contribution in [2.45, 2.75) is 408 Å². The number of rotatable bonds is 74. The second-order valence-electron chi connectivity index (χ2n) is 29.2. The van der Waals surface area contributed by atoms with Crippen molar-refractivity contribution in [3.05, 3.63) is 0 Å². The summed E-state index contributed by atoms with van der Waals surface area (Å²) in [4.78, 5) is 72.8. The van der Waals surface area contributed by atoms with E-state index in [1.54, 1.807) is 0 Å². The normalized spacial score (nSPS) is 14.7. The summed E-state index contributed by atoms with van der Waals surface area (Å²) >= 11 is 0. The zero-order valence-electron chi connectivity index (χ0n) is 63.0. The number of esters is 4. The van der Waals surface area contributed by atoms with E-state index in [0.29, 0.717) is 25.7 Å². The molecule has 0 bridgehead atoms. The molecule has 17 nitrogen and oxygen atoms in total. The van der Waals surface area contributed by atoms with E-state index >= 15 is 0 Å². The van der Waals surface area contributed by atoms with Crippen molar-refractivity contribution in [2.24, 2.45) is 23.7 Å². The van der Waals surface area contributed by atoms with Gasteiger partial charge in [-0.3, -0.25) is 37.3 Å². The number of aliphatic hydroxyl groups is 1. The van der Waals surface area contributed by atoms with Crippen LogP contribution in [-0.2, 0) is 65.4 Å². The third-order valence-electron chi connectivity index (χ3n) is 18.5. The van der Waals surface area contributed by atoms with Gasteiger partial charge >= 0.3 is 39.5 Å². The third kappa shape index (κ3) is 67.9. The van der Waals surface area contributed by atoms with Gasteiger partial charge in [-0.25, -0.2) is 9.13 Å². The Morgan fingerprint density at radius 1 is 0.292 bits per heavy atom. The van der Waals surface area contributed by atoms with Crippen LogP contribution in [0.2, 0.25) is 0 Å². The molecule has 0 saturated heterocycles. The average molecular weight is 1410 g/mol. The molecule has 0 amide bonds. The van der Waals surface area contributed by atoms with E-state index < -0.39 is 97.5 Å². The van der Waals surface area contributed by atoms with Crippen molar-refractivity contribution in [3.63, 3.8) is 0 Å². The predicted octanol–water partition coefficient (Wildman–Crippen LogP) is 22.4. The van der Waals surface area contributed by atoms with Crippen LogP contribution in [0, 0.1) is 23.7 Å². The van der Waals surface area contributed by atoms with Gasteiger partial charge < -0.3 is 33.8 Å². The van der Waals surface area contributed by atoms with Crippen LogP contribution < -0.4 is 0 Å². The molecule has 0 aromatic carbocycles. The number of unbranched alkanes of at least 4 members (excludes halogenated alkanes) is 38. The number of hydrogen-bond acceptors (Lipinski definition) is 15. The Morgan fingerprint density at radius 3 is 0.740 bits per heavy atom. The van der Waals surface area contributed by atoms with Gasteiger partial charge in [-0.15, -0.1) is 0 Å². The molecule has 19 heteroatoms. The van der Waals surface area contributed by atoms with E-state index in [1.807, 2.05) is 0 Å². The molecule has 0 heterocycles. The summed E-state index contributed by atoms with van der Waals surface area (Å²) in [5, 5.41) is 10.6. The number of carbonyl (C=O) groups is 4. The van der Waals surface area contributed by atoms with Crippen molar-refractivity contribution in [1.29, 1.82) is 0 Å². The highest BCUT2D eigenvalue weighted by molar-refractivity contribution is 7.47. The van der Waals surface area contributed by atoms with E-state index in [2.05, 4.69) is 55.4 Å². The third-order valence-corrected chi connectivity index (χ3v) is 20.4. The average Bonchev–Trinajstić information content (AvgIpc) is 1.27. The van der Waals surface area contributed by atoms with Crippen LogP contribution in [-0.4, -0.2) is 96.7 Å². The zero-order valence-corrected chi connectivity index (χ0v) is 64.8. The highest BCUT2D eigenvalue weighted by Crippen LogP contribution is 2.45. The topological polar surface area (TPSA) is 237 Å². The summed E-state index contributed by atoms with van der Waals surface area (Å²) < 4.78 is 68.5. The molecule has 4 unspecified atom stereocenters. The summed E-state index contributed by atoms with van der Waals surface area (Å²) in [6.07, 6.45) is 51.3. The minimum Gasteiger partial charge on any atom is -0.462 e. The molecule has 570 valence electrons. The summed E-state index contributed by atoms with van der Waals surface area (Å²) in [6, 6.07) is 0. The smallest absolute Gasteiger partial charge is 0.462 e. The fourth-order valence-corrected chi connectivity index (χ4v) is 13.2. The summed E-state index contributed by atoms with van der Waals surface area (Å²) in [5.74, 6) is 0.968. The SMILES string of the molecule is CCC(C)CCCCCCCCCCC(=O)O[C@H](COC(=O)CCCCCCCCC(C)CC)COP(=O)(O)OC[C@H](O)COP(=O)(O)OC[C@@H](COC(=O)CCCCCCCCCCCCCCCCCCC(C)C)OC(=O)CCCCCCCCCCCCCCC(C)C. The standard InChI is InChI=1S/C77H150O17P2/c1-9-69(7)55-47-39-31-27-28-34-44-52-60-77(82)94-73(64-88-75(80)58-50-42-36-35-40-48-56-70(8)10-2)66-92-96(85,86)90-62-71(78)61-89-95(83,84)91-65-72(93-76(81)59-51-43-33-26-22-18-17-20-24-30-38-46-54-68(5)6)63-87-74(79)57-49-41-32-25-21-16-14-12-11-13-15-19-23-29-37-45-53-67(3)4/h67-73,78H,9-66H2,1-8H3,(H,83,84)(H,85,86)/t69?,70?,71-,72-,73-/m1/s1. The monoisotopic (exact) mass is 1410 g/mol. The first-order valence-corrected chi connectivity index (χ1v) is 42.8. The van der Waals surface area contributed by atoms with Gasteiger partial charge in [0.2, 0.25) is 0 Å². The van der Waals surface area contributed by atoms with Gasteiger partial charge in [0.15, 0.2) is 12.2 Å². The lowest BCUT2D eigenvalue weighted by molar-refractivity contribution is -0.161. The Labute approximate surface area is 588 Å². The van der Waals surface area contributed by atoms with Gasteiger partial charge in [-0.05, 0) is 49.4 Å². The van der Waals surface area contributed by atoms with Gasteiger partial charge in [-0.1, -0.05) is 338 Å². The lowest BCUT2D eigenvalue weighted by Gasteiger charge is -2.21. The zero-order chi connectivity index (χ0) is 71.0. The van der Waals surface area contributed by atoms with Crippen LogP contribution in [0.4, 0.5) is 0 Å². The van der Waals surface area contributed by atoms with Crippen LogP contribution in [0.15, 0.2) is 0 Å². The minimum absolute atomic E-state index is 0.104. The molecular formula is C77H150O17P2. The fourth-order valence-electron chi connectivity index (χ4n) is 11.7. The molecular weight excluding hydrogens is 1260 g/mol. The van der Waals surface area contributed by atoms with Crippen molar-refractivity contribution in [2.75, 3.05) is 39.6 Å². The highest BCUT2D eigenvalue weighted by atomic mass is 31.2. The molecule has 0 radical (unpaired) electrons.